The van der Waals surface area contributed by atoms with Crippen molar-refractivity contribution in [3.05, 3.63) is 0 Å². The molecule has 0 aromatic rings. The Labute approximate surface area is 52.4 Å². The summed E-state index contributed by atoms with van der Waals surface area (Å²) in [5.41, 5.74) is 0. The van der Waals surface area contributed by atoms with Gasteiger partial charge in [-0.2, -0.15) is 0 Å². The lowest BCUT2D eigenvalue weighted by atomic mass is 10.5. The molecule has 0 radical (unpaired) electrons. The Kier molecular flexibility index (Phi) is 2.87. The van der Waals surface area contributed by atoms with Gasteiger partial charge in [-0.15, -0.1) is 0 Å². The zero-order valence-electron chi connectivity index (χ0n) is 5.25. The minimum Gasteiger partial charge on any atom is -0.431 e. The van der Waals surface area contributed by atoms with Gasteiger partial charge in [-0.25, -0.2) is 4.79 Å². The molecule has 0 aromatic carbocycles. The molecule has 1 unspecified atom stereocenters. The molecule has 0 spiro atoms. The highest BCUT2D eigenvalue weighted by Crippen LogP contribution is 1.85. The number of aliphatic hydroxyl groups is 1. The molecule has 0 fully saturated rings. The first-order valence-corrected chi connectivity index (χ1v) is 2.43. The van der Waals surface area contributed by atoms with Crippen molar-refractivity contribution in [2.45, 2.75) is 20.1 Å². The predicted octanol–water partition coefficient (Wildman–Crippen LogP) is -0.543. The van der Waals surface area contributed by atoms with E-state index in [-0.39, 0.29) is 0 Å². The van der Waals surface area contributed by atoms with Crippen molar-refractivity contribution >= 4 is 11.8 Å². The number of carbonyl (C=O) groups excluding carboxylic acids is 2. The summed E-state index contributed by atoms with van der Waals surface area (Å²) in [5, 5.41) is 8.38. The van der Waals surface area contributed by atoms with Gasteiger partial charge >= 0.3 is 5.97 Å². The number of hydrogen-bond donors (Lipinski definition) is 1. The average Bonchev–Trinajstić information content (AvgIpc) is 1.63. The van der Waals surface area contributed by atoms with Crippen molar-refractivity contribution in [1.82, 2.24) is 0 Å². The minimum absolute atomic E-state index is 0.712. The van der Waals surface area contributed by atoms with Crippen LogP contribution in [0.3, 0.4) is 0 Å². The molecule has 0 bridgehead atoms. The van der Waals surface area contributed by atoms with Crippen LogP contribution in [0.15, 0.2) is 0 Å². The first kappa shape index (κ1) is 8.10. The maximum absolute atomic E-state index is 10.2. The van der Waals surface area contributed by atoms with Crippen LogP contribution in [0.5, 0.6) is 0 Å². The number of rotatable bonds is 2. The van der Waals surface area contributed by atoms with Gasteiger partial charge in [0.2, 0.25) is 5.78 Å². The normalized spacial score (nSPS) is 12.3. The number of ether oxygens (including phenoxy) is 1. The van der Waals surface area contributed by atoms with E-state index in [9.17, 15) is 9.59 Å². The standard InChI is InChI=1S/C5H8O4/c1-3(6)5(8)9-4(2)7/h4,7H,1-2H3. The fraction of sp³-hybridized carbons (Fsp3) is 0.600. The van der Waals surface area contributed by atoms with E-state index in [2.05, 4.69) is 4.74 Å². The summed E-state index contributed by atoms with van der Waals surface area (Å²) >= 11 is 0. The highest BCUT2D eigenvalue weighted by molar-refractivity contribution is 6.32. The molecule has 9 heavy (non-hydrogen) atoms. The SMILES string of the molecule is CC(=O)C(=O)OC(C)O. The zero-order valence-corrected chi connectivity index (χ0v) is 5.25. The molecule has 0 saturated heterocycles. The second-order valence-corrected chi connectivity index (χ2v) is 1.56. The van der Waals surface area contributed by atoms with E-state index in [1.807, 2.05) is 0 Å². The van der Waals surface area contributed by atoms with Gasteiger partial charge in [0, 0.05) is 6.92 Å². The van der Waals surface area contributed by atoms with Crippen LogP contribution >= 0.6 is 0 Å². The average molecular weight is 132 g/mol. The molecule has 1 N–H and O–H groups in total. The van der Waals surface area contributed by atoms with Crippen molar-refractivity contribution in [3.8, 4) is 0 Å². The van der Waals surface area contributed by atoms with E-state index in [1.54, 1.807) is 0 Å². The molecule has 4 nitrogen and oxygen atoms in total. The summed E-state index contributed by atoms with van der Waals surface area (Å²) in [6.07, 6.45) is -1.21. The quantitative estimate of drug-likeness (QED) is 0.311. The zero-order chi connectivity index (χ0) is 7.44. The van der Waals surface area contributed by atoms with Crippen LogP contribution < -0.4 is 0 Å². The van der Waals surface area contributed by atoms with Crippen LogP contribution in [0.25, 0.3) is 0 Å². The Hall–Kier alpha value is -0.900. The summed E-state index contributed by atoms with van der Waals surface area (Å²) in [6.45, 7) is 2.32. The summed E-state index contributed by atoms with van der Waals surface area (Å²) < 4.78 is 4.08. The summed E-state index contributed by atoms with van der Waals surface area (Å²) in [7, 11) is 0. The van der Waals surface area contributed by atoms with E-state index >= 15 is 0 Å². The van der Waals surface area contributed by atoms with Crippen LogP contribution in [-0.4, -0.2) is 23.1 Å². The maximum atomic E-state index is 10.2. The van der Waals surface area contributed by atoms with Gasteiger partial charge < -0.3 is 9.84 Å². The van der Waals surface area contributed by atoms with Crippen LogP contribution in [0.4, 0.5) is 0 Å². The Morgan fingerprint density at radius 2 is 2.00 bits per heavy atom. The van der Waals surface area contributed by atoms with Crippen molar-refractivity contribution in [3.63, 3.8) is 0 Å². The van der Waals surface area contributed by atoms with Crippen LogP contribution in [0.2, 0.25) is 0 Å². The molecule has 0 aliphatic heterocycles. The van der Waals surface area contributed by atoms with Gasteiger partial charge in [0.25, 0.3) is 0 Å². The Morgan fingerprint density at radius 3 is 2.11 bits per heavy atom. The number of esters is 1. The lowest BCUT2D eigenvalue weighted by Gasteiger charge is -2.02. The molecule has 52 valence electrons. The molecule has 0 aliphatic rings. The second-order valence-electron chi connectivity index (χ2n) is 1.56. The lowest BCUT2D eigenvalue weighted by molar-refractivity contribution is -0.169. The number of hydrogen-bond acceptors (Lipinski definition) is 4. The number of ketones is 1. The van der Waals surface area contributed by atoms with E-state index in [4.69, 9.17) is 5.11 Å². The number of aliphatic hydroxyl groups excluding tert-OH is 1. The molecule has 0 aromatic heterocycles. The van der Waals surface area contributed by atoms with Gasteiger partial charge in [-0.05, 0) is 6.92 Å². The van der Waals surface area contributed by atoms with E-state index < -0.39 is 18.0 Å². The molecule has 0 rings (SSSR count). The molecular formula is C5H8O4. The Bertz CT molecular complexity index is 127. The molecular weight excluding hydrogens is 124 g/mol. The van der Waals surface area contributed by atoms with Crippen LogP contribution in [0, 0.1) is 0 Å². The number of Topliss-reactive ketones (excluding diaryl/α,β-unsaturated/α-hetero) is 1. The van der Waals surface area contributed by atoms with Crippen LogP contribution in [0.1, 0.15) is 13.8 Å². The van der Waals surface area contributed by atoms with Crippen molar-refractivity contribution in [1.29, 1.82) is 0 Å². The molecule has 0 heterocycles. The summed E-state index contributed by atoms with van der Waals surface area (Å²) in [4.78, 5) is 20.3. The van der Waals surface area contributed by atoms with E-state index in [0.29, 0.717) is 0 Å². The fourth-order valence-electron chi connectivity index (χ4n) is 0.238. The molecule has 1 atom stereocenters. The van der Waals surface area contributed by atoms with Gasteiger partial charge in [0.1, 0.15) is 0 Å². The molecule has 0 aliphatic carbocycles. The Morgan fingerprint density at radius 1 is 1.56 bits per heavy atom. The molecule has 0 amide bonds. The van der Waals surface area contributed by atoms with Crippen molar-refractivity contribution in [2.75, 3.05) is 0 Å². The topological polar surface area (TPSA) is 63.6 Å². The predicted molar refractivity (Wildman–Crippen MR) is 28.5 cm³/mol. The van der Waals surface area contributed by atoms with Crippen LogP contribution in [-0.2, 0) is 14.3 Å². The highest BCUT2D eigenvalue weighted by Gasteiger charge is 2.10. The third-order valence-electron chi connectivity index (χ3n) is 0.565. The van der Waals surface area contributed by atoms with Gasteiger partial charge in [0.05, 0.1) is 0 Å². The van der Waals surface area contributed by atoms with Crippen molar-refractivity contribution in [2.24, 2.45) is 0 Å². The molecule has 4 heteroatoms. The second kappa shape index (κ2) is 3.19. The molecule has 0 saturated carbocycles. The summed E-state index contributed by atoms with van der Waals surface area (Å²) in [5.74, 6) is -1.72. The highest BCUT2D eigenvalue weighted by atomic mass is 16.6. The van der Waals surface area contributed by atoms with Crippen molar-refractivity contribution < 1.29 is 19.4 Å². The van der Waals surface area contributed by atoms with Gasteiger partial charge in [0.15, 0.2) is 6.29 Å². The van der Waals surface area contributed by atoms with Gasteiger partial charge in [-0.1, -0.05) is 0 Å². The number of carbonyl (C=O) groups is 2. The third kappa shape index (κ3) is 3.66. The Balaban J connectivity index is 3.65. The maximum Gasteiger partial charge on any atom is 0.376 e. The minimum atomic E-state index is -1.21. The summed E-state index contributed by atoms with van der Waals surface area (Å²) in [6, 6.07) is 0. The first-order chi connectivity index (χ1) is 4.04. The lowest BCUT2D eigenvalue weighted by Crippen LogP contribution is -2.19. The van der Waals surface area contributed by atoms with E-state index in [1.165, 1.54) is 6.92 Å². The smallest absolute Gasteiger partial charge is 0.376 e. The first-order valence-electron chi connectivity index (χ1n) is 2.43. The van der Waals surface area contributed by atoms with E-state index in [0.717, 1.165) is 6.92 Å². The fourth-order valence-corrected chi connectivity index (χ4v) is 0.238. The largest absolute Gasteiger partial charge is 0.431 e. The van der Waals surface area contributed by atoms with Gasteiger partial charge in [-0.3, -0.25) is 4.79 Å². The monoisotopic (exact) mass is 132 g/mol. The third-order valence-corrected chi connectivity index (χ3v) is 0.565.